The van der Waals surface area contributed by atoms with E-state index >= 15 is 0 Å². The van der Waals surface area contributed by atoms with E-state index < -0.39 is 36.8 Å². The molecule has 2 aliphatic rings. The Hall–Kier alpha value is -3.79. The first-order valence-corrected chi connectivity index (χ1v) is 12.9. The number of ether oxygens (including phenoxy) is 1. The van der Waals surface area contributed by atoms with Gasteiger partial charge in [0.05, 0.1) is 18.8 Å². The summed E-state index contributed by atoms with van der Waals surface area (Å²) >= 11 is 0. The van der Waals surface area contributed by atoms with E-state index in [4.69, 9.17) is 15.5 Å². The highest BCUT2D eigenvalue weighted by atomic mass is 19.4. The molecular formula is C24H31F3N10O3. The first kappa shape index (κ1) is 27.8. The molecule has 3 aromatic heterocycles. The van der Waals surface area contributed by atoms with E-state index in [9.17, 15) is 23.1 Å². The van der Waals surface area contributed by atoms with Gasteiger partial charge in [0.2, 0.25) is 11.9 Å². The number of morpholine rings is 1. The highest BCUT2D eigenvalue weighted by Gasteiger charge is 2.39. The Kier molecular flexibility index (Phi) is 7.39. The van der Waals surface area contributed by atoms with Crippen molar-refractivity contribution in [3.8, 4) is 11.4 Å². The van der Waals surface area contributed by atoms with Crippen molar-refractivity contribution in [2.75, 3.05) is 54.9 Å². The first-order valence-electron chi connectivity index (χ1n) is 12.9. The molecule has 16 heteroatoms. The molecule has 2 saturated heterocycles. The van der Waals surface area contributed by atoms with E-state index in [0.717, 1.165) is 4.57 Å². The predicted molar refractivity (Wildman–Crippen MR) is 140 cm³/mol. The summed E-state index contributed by atoms with van der Waals surface area (Å²) in [5.41, 5.74) is 6.25. The van der Waals surface area contributed by atoms with Crippen molar-refractivity contribution in [1.29, 1.82) is 0 Å². The second kappa shape index (κ2) is 10.6. The monoisotopic (exact) mass is 564 g/mol. The standard InChI is InChI=1S/C24H31F3N10O3/c1-13-10-35(11-14(2)37(13)21(39)15(3)38)23-31-17-19(34-4-6-40-7-5-34)32-18(16-8-29-22(28)30-9-16)33-20(17)36(23)12-24(25,26)27/h8-9,13-15,38H,4-7,10-12H2,1-3H3,(H2,28,29,30). The van der Waals surface area contributed by atoms with Gasteiger partial charge in [0.15, 0.2) is 22.8 Å². The molecule has 5 heterocycles. The summed E-state index contributed by atoms with van der Waals surface area (Å²) in [5, 5.41) is 9.86. The number of nitrogens with two attached hydrogens (primary N) is 1. The van der Waals surface area contributed by atoms with E-state index in [1.807, 2.05) is 4.90 Å². The molecule has 3 aromatic rings. The number of piperazine rings is 1. The van der Waals surface area contributed by atoms with Gasteiger partial charge in [-0.3, -0.25) is 9.36 Å². The molecule has 216 valence electrons. The number of imidazole rings is 1. The van der Waals surface area contributed by atoms with E-state index in [-0.39, 0.29) is 42.0 Å². The molecular weight excluding hydrogens is 533 g/mol. The van der Waals surface area contributed by atoms with Crippen molar-refractivity contribution in [1.82, 2.24) is 34.4 Å². The fraction of sp³-hybridized carbons (Fsp3) is 0.583. The summed E-state index contributed by atoms with van der Waals surface area (Å²) in [4.78, 5) is 39.7. The number of aromatic nitrogens is 6. The Morgan fingerprint density at radius 1 is 1.10 bits per heavy atom. The van der Waals surface area contributed by atoms with Crippen LogP contribution in [0.3, 0.4) is 0 Å². The average molecular weight is 565 g/mol. The van der Waals surface area contributed by atoms with Gasteiger partial charge in [0.25, 0.3) is 5.91 Å². The molecule has 2 aliphatic heterocycles. The van der Waals surface area contributed by atoms with Crippen LogP contribution in [-0.4, -0.2) is 109 Å². The Morgan fingerprint density at radius 2 is 1.73 bits per heavy atom. The van der Waals surface area contributed by atoms with Gasteiger partial charge in [0, 0.05) is 50.7 Å². The molecule has 0 saturated carbocycles. The van der Waals surface area contributed by atoms with Crippen LogP contribution in [0.4, 0.5) is 30.9 Å². The lowest BCUT2D eigenvalue weighted by molar-refractivity contribution is -0.144. The molecule has 0 aliphatic carbocycles. The van der Waals surface area contributed by atoms with Gasteiger partial charge >= 0.3 is 6.18 Å². The lowest BCUT2D eigenvalue weighted by atomic mass is 10.1. The second-order valence-electron chi connectivity index (χ2n) is 10.1. The topological polar surface area (TPSA) is 152 Å². The van der Waals surface area contributed by atoms with Gasteiger partial charge in [-0.2, -0.15) is 13.2 Å². The molecule has 0 bridgehead atoms. The van der Waals surface area contributed by atoms with Gasteiger partial charge in [-0.1, -0.05) is 0 Å². The molecule has 13 nitrogen and oxygen atoms in total. The number of hydrogen-bond acceptors (Lipinski definition) is 11. The first-order chi connectivity index (χ1) is 18.9. The lowest BCUT2D eigenvalue weighted by Gasteiger charge is -2.45. The zero-order valence-electron chi connectivity index (χ0n) is 22.3. The summed E-state index contributed by atoms with van der Waals surface area (Å²) < 4.78 is 48.4. The van der Waals surface area contributed by atoms with Gasteiger partial charge in [-0.05, 0) is 20.8 Å². The van der Waals surface area contributed by atoms with Crippen molar-refractivity contribution in [2.24, 2.45) is 0 Å². The number of aliphatic hydroxyl groups is 1. The molecule has 0 spiro atoms. The molecule has 2 fully saturated rings. The van der Waals surface area contributed by atoms with Crippen LogP contribution < -0.4 is 15.5 Å². The Labute approximate surface area is 227 Å². The summed E-state index contributed by atoms with van der Waals surface area (Å²) in [6, 6.07) is -0.783. The summed E-state index contributed by atoms with van der Waals surface area (Å²) in [5.74, 6) is 0.201. The van der Waals surface area contributed by atoms with Crippen LogP contribution >= 0.6 is 0 Å². The lowest BCUT2D eigenvalue weighted by Crippen LogP contribution is -2.60. The van der Waals surface area contributed by atoms with Crippen molar-refractivity contribution in [3.63, 3.8) is 0 Å². The predicted octanol–water partition coefficient (Wildman–Crippen LogP) is 1.07. The summed E-state index contributed by atoms with van der Waals surface area (Å²) in [6.07, 6.45) is -2.93. The van der Waals surface area contributed by atoms with Crippen LogP contribution in [0.5, 0.6) is 0 Å². The third-order valence-corrected chi connectivity index (χ3v) is 6.95. The van der Waals surface area contributed by atoms with Crippen molar-refractivity contribution in [2.45, 2.75) is 51.7 Å². The fourth-order valence-electron chi connectivity index (χ4n) is 5.26. The molecule has 0 radical (unpaired) electrons. The Balaban J connectivity index is 1.66. The number of amides is 1. The van der Waals surface area contributed by atoms with E-state index in [2.05, 4.69) is 19.9 Å². The molecule has 5 rings (SSSR count). The van der Waals surface area contributed by atoms with Crippen LogP contribution in [-0.2, 0) is 16.1 Å². The van der Waals surface area contributed by atoms with Crippen molar-refractivity contribution < 1.29 is 27.8 Å². The number of carbonyl (C=O) groups is 1. The van der Waals surface area contributed by atoms with E-state index in [1.165, 1.54) is 19.3 Å². The second-order valence-corrected chi connectivity index (χ2v) is 10.1. The normalized spacial score (nSPS) is 21.2. The SMILES string of the molecule is CC(O)C(=O)N1C(C)CN(c2nc3c(N4CCOCC4)nc(-c4cnc(N)nc4)nc3n2CC(F)(F)F)CC1C. The minimum absolute atomic E-state index is 0.0124. The largest absolute Gasteiger partial charge is 0.406 e. The zero-order valence-corrected chi connectivity index (χ0v) is 22.3. The van der Waals surface area contributed by atoms with Crippen molar-refractivity contribution >= 4 is 34.8 Å². The Bertz CT molecular complexity index is 1360. The highest BCUT2D eigenvalue weighted by Crippen LogP contribution is 2.34. The maximum Gasteiger partial charge on any atom is 0.406 e. The van der Waals surface area contributed by atoms with Gasteiger partial charge < -0.3 is 30.3 Å². The quantitative estimate of drug-likeness (QED) is 0.458. The number of carbonyl (C=O) groups excluding carboxylic acids is 1. The maximum atomic E-state index is 14.0. The number of rotatable bonds is 5. The summed E-state index contributed by atoms with van der Waals surface area (Å²) in [7, 11) is 0. The van der Waals surface area contributed by atoms with E-state index in [1.54, 1.807) is 23.6 Å². The number of halogens is 3. The molecule has 1 amide bonds. The van der Waals surface area contributed by atoms with Gasteiger partial charge in [0.1, 0.15) is 12.6 Å². The minimum Gasteiger partial charge on any atom is -0.384 e. The average Bonchev–Trinajstić information content (AvgIpc) is 3.25. The van der Waals surface area contributed by atoms with Crippen molar-refractivity contribution in [3.05, 3.63) is 12.4 Å². The minimum atomic E-state index is -4.57. The number of hydrogen-bond donors (Lipinski definition) is 2. The highest BCUT2D eigenvalue weighted by molar-refractivity contribution is 5.88. The smallest absolute Gasteiger partial charge is 0.384 e. The fourth-order valence-corrected chi connectivity index (χ4v) is 5.26. The third-order valence-electron chi connectivity index (χ3n) is 6.95. The van der Waals surface area contributed by atoms with Gasteiger partial charge in [-0.15, -0.1) is 0 Å². The Morgan fingerprint density at radius 3 is 2.30 bits per heavy atom. The van der Waals surface area contributed by atoms with Crippen LogP contribution in [0.15, 0.2) is 12.4 Å². The number of alkyl halides is 3. The number of nitrogens with zero attached hydrogens (tertiary/aromatic N) is 9. The summed E-state index contributed by atoms with van der Waals surface area (Å²) in [6.45, 7) is 5.87. The number of fused-ring (bicyclic) bond motifs is 1. The number of anilines is 3. The molecule has 3 N–H and O–H groups in total. The number of aliphatic hydroxyl groups excluding tert-OH is 1. The molecule has 40 heavy (non-hydrogen) atoms. The van der Waals surface area contributed by atoms with Gasteiger partial charge in [-0.25, -0.2) is 24.9 Å². The maximum absolute atomic E-state index is 14.0. The molecule has 3 atom stereocenters. The molecule has 0 aromatic carbocycles. The zero-order chi connectivity index (χ0) is 28.8. The van der Waals surface area contributed by atoms with Crippen LogP contribution in [0.25, 0.3) is 22.6 Å². The number of nitrogen functional groups attached to an aromatic ring is 1. The van der Waals surface area contributed by atoms with Crippen LogP contribution in [0, 0.1) is 0 Å². The third kappa shape index (κ3) is 5.45. The van der Waals surface area contributed by atoms with Crippen LogP contribution in [0.2, 0.25) is 0 Å². The molecule has 3 unspecified atom stereocenters. The van der Waals surface area contributed by atoms with Crippen LogP contribution in [0.1, 0.15) is 20.8 Å². The van der Waals surface area contributed by atoms with E-state index in [0.29, 0.717) is 37.7 Å².